The highest BCUT2D eigenvalue weighted by molar-refractivity contribution is 5.18. The van der Waals surface area contributed by atoms with Crippen LogP contribution < -0.4 is 0 Å². The van der Waals surface area contributed by atoms with Crippen LogP contribution in [0, 0.1) is 17.6 Å². The molecule has 1 aromatic rings. The highest BCUT2D eigenvalue weighted by Crippen LogP contribution is 2.25. The number of hydrogen-bond acceptors (Lipinski definition) is 2. The zero-order valence-electron chi connectivity index (χ0n) is 11.3. The third-order valence-electron chi connectivity index (χ3n) is 3.83. The maximum atomic E-state index is 13.5. The van der Waals surface area contributed by atoms with E-state index in [2.05, 4.69) is 0 Å². The van der Waals surface area contributed by atoms with Crippen LogP contribution in [0.5, 0.6) is 0 Å². The molecule has 1 fully saturated rings. The fourth-order valence-electron chi connectivity index (χ4n) is 2.79. The molecule has 2 nitrogen and oxygen atoms in total. The average molecular weight is 269 g/mol. The van der Waals surface area contributed by atoms with E-state index in [1.807, 2.05) is 11.9 Å². The van der Waals surface area contributed by atoms with Crippen LogP contribution in [0.4, 0.5) is 8.78 Å². The molecule has 1 N–H and O–H groups in total. The van der Waals surface area contributed by atoms with Gasteiger partial charge in [0, 0.05) is 18.7 Å². The predicted molar refractivity (Wildman–Crippen MR) is 70.7 cm³/mol. The van der Waals surface area contributed by atoms with Crippen LogP contribution in [0.1, 0.15) is 31.2 Å². The zero-order valence-corrected chi connectivity index (χ0v) is 11.3. The third-order valence-corrected chi connectivity index (χ3v) is 3.83. The Bertz CT molecular complexity index is 417. The van der Waals surface area contributed by atoms with Crippen molar-refractivity contribution in [3.63, 3.8) is 0 Å². The van der Waals surface area contributed by atoms with Crippen molar-refractivity contribution in [2.75, 3.05) is 13.6 Å². The number of benzene rings is 1. The van der Waals surface area contributed by atoms with Gasteiger partial charge in [-0.1, -0.05) is 0 Å². The fraction of sp³-hybridized carbons (Fsp3) is 0.600. The van der Waals surface area contributed by atoms with Gasteiger partial charge in [-0.3, -0.25) is 0 Å². The molecule has 2 rings (SSSR count). The van der Waals surface area contributed by atoms with E-state index < -0.39 is 5.82 Å². The topological polar surface area (TPSA) is 23.5 Å². The van der Waals surface area contributed by atoms with Crippen molar-refractivity contribution >= 4 is 0 Å². The van der Waals surface area contributed by atoms with Crippen molar-refractivity contribution < 1.29 is 13.9 Å². The van der Waals surface area contributed by atoms with Gasteiger partial charge >= 0.3 is 0 Å². The van der Waals surface area contributed by atoms with Crippen molar-refractivity contribution in [3.8, 4) is 0 Å². The van der Waals surface area contributed by atoms with E-state index in [1.165, 1.54) is 12.1 Å². The fourth-order valence-corrected chi connectivity index (χ4v) is 2.79. The minimum Gasteiger partial charge on any atom is -0.393 e. The van der Waals surface area contributed by atoms with Gasteiger partial charge in [-0.05, 0) is 56.8 Å². The van der Waals surface area contributed by atoms with Gasteiger partial charge in [0.2, 0.25) is 0 Å². The number of nitrogens with zero attached hydrogens (tertiary/aromatic N) is 1. The molecular weight excluding hydrogens is 248 g/mol. The molecule has 0 aliphatic heterocycles. The Morgan fingerprint density at radius 3 is 2.58 bits per heavy atom. The minimum atomic E-state index is -0.398. The molecule has 0 spiro atoms. The van der Waals surface area contributed by atoms with E-state index in [-0.39, 0.29) is 11.9 Å². The van der Waals surface area contributed by atoms with Gasteiger partial charge in [0.1, 0.15) is 11.6 Å². The summed E-state index contributed by atoms with van der Waals surface area (Å²) in [7, 11) is 1.93. The van der Waals surface area contributed by atoms with Crippen molar-refractivity contribution in [2.24, 2.45) is 5.92 Å². The maximum absolute atomic E-state index is 13.5. The van der Waals surface area contributed by atoms with Crippen molar-refractivity contribution in [2.45, 2.75) is 38.3 Å². The normalized spacial score (nSPS) is 23.8. The van der Waals surface area contributed by atoms with Crippen molar-refractivity contribution in [3.05, 3.63) is 35.4 Å². The third kappa shape index (κ3) is 4.25. The first-order valence-corrected chi connectivity index (χ1v) is 6.85. The summed E-state index contributed by atoms with van der Waals surface area (Å²) in [6.07, 6.45) is 3.58. The maximum Gasteiger partial charge on any atom is 0.127 e. The first-order valence-electron chi connectivity index (χ1n) is 6.85. The molecule has 0 saturated heterocycles. The molecule has 0 aromatic heterocycles. The Morgan fingerprint density at radius 1 is 1.21 bits per heavy atom. The van der Waals surface area contributed by atoms with E-state index in [1.54, 1.807) is 0 Å². The molecule has 4 heteroatoms. The van der Waals surface area contributed by atoms with E-state index >= 15 is 0 Å². The Balaban J connectivity index is 1.87. The Morgan fingerprint density at radius 2 is 1.89 bits per heavy atom. The molecule has 106 valence electrons. The first kappa shape index (κ1) is 14.4. The number of aliphatic hydroxyl groups is 1. The lowest BCUT2D eigenvalue weighted by molar-refractivity contribution is 0.0966. The average Bonchev–Trinajstić information content (AvgIpc) is 2.37. The van der Waals surface area contributed by atoms with Gasteiger partial charge in [0.15, 0.2) is 0 Å². The summed E-state index contributed by atoms with van der Waals surface area (Å²) in [5.41, 5.74) is 0.401. The molecule has 0 atom stereocenters. The summed E-state index contributed by atoms with van der Waals surface area (Å²) in [4.78, 5) is 2.03. The molecule has 0 radical (unpaired) electrons. The number of hydrogen-bond donors (Lipinski definition) is 1. The lowest BCUT2D eigenvalue weighted by atomic mass is 9.87. The summed E-state index contributed by atoms with van der Waals surface area (Å²) in [5, 5.41) is 9.46. The monoisotopic (exact) mass is 269 g/mol. The second-order valence-electron chi connectivity index (χ2n) is 5.61. The molecule has 19 heavy (non-hydrogen) atoms. The van der Waals surface area contributed by atoms with Gasteiger partial charge in [-0.25, -0.2) is 8.78 Å². The first-order chi connectivity index (χ1) is 9.04. The highest BCUT2D eigenvalue weighted by atomic mass is 19.1. The molecule has 1 saturated carbocycles. The Labute approximate surface area is 113 Å². The van der Waals surface area contributed by atoms with Crippen molar-refractivity contribution in [1.82, 2.24) is 4.90 Å². The predicted octanol–water partition coefficient (Wildman–Crippen LogP) is 2.95. The summed E-state index contributed by atoms with van der Waals surface area (Å²) in [6.45, 7) is 1.28. The molecule has 0 bridgehead atoms. The lowest BCUT2D eigenvalue weighted by Crippen LogP contribution is -2.29. The minimum absolute atomic E-state index is 0.151. The van der Waals surface area contributed by atoms with E-state index in [0.29, 0.717) is 18.0 Å². The largest absolute Gasteiger partial charge is 0.393 e. The molecule has 0 amide bonds. The summed E-state index contributed by atoms with van der Waals surface area (Å²) in [6, 6.07) is 3.58. The number of aliphatic hydroxyl groups excluding tert-OH is 1. The second-order valence-corrected chi connectivity index (χ2v) is 5.61. The molecule has 1 aliphatic rings. The second kappa shape index (κ2) is 6.44. The Kier molecular flexibility index (Phi) is 4.88. The molecule has 0 unspecified atom stereocenters. The van der Waals surface area contributed by atoms with Gasteiger partial charge in [0.25, 0.3) is 0 Å². The molecule has 1 aromatic carbocycles. The molecular formula is C15H21F2NO. The van der Waals surface area contributed by atoms with E-state index in [0.717, 1.165) is 38.3 Å². The number of halogens is 2. The highest BCUT2D eigenvalue weighted by Gasteiger charge is 2.20. The standard InChI is InChI=1S/C15H21F2NO/c1-18(9-11-2-5-14(19)6-3-11)10-12-8-13(16)4-7-15(12)17/h4,7-8,11,14,19H,2-3,5-6,9-10H2,1H3. The van der Waals surface area contributed by atoms with Gasteiger partial charge < -0.3 is 10.0 Å². The molecule has 0 heterocycles. The van der Waals surface area contributed by atoms with Crippen LogP contribution in [0.3, 0.4) is 0 Å². The van der Waals surface area contributed by atoms with Crippen LogP contribution in [-0.4, -0.2) is 29.7 Å². The number of rotatable bonds is 4. The van der Waals surface area contributed by atoms with Gasteiger partial charge in [0.05, 0.1) is 6.10 Å². The van der Waals surface area contributed by atoms with Crippen LogP contribution in [0.15, 0.2) is 18.2 Å². The van der Waals surface area contributed by atoms with Crippen molar-refractivity contribution in [1.29, 1.82) is 0 Å². The summed E-state index contributed by atoms with van der Waals surface area (Å²) < 4.78 is 26.6. The van der Waals surface area contributed by atoms with Crippen LogP contribution in [-0.2, 0) is 6.54 Å². The SMILES string of the molecule is CN(Cc1cc(F)ccc1F)CC1CCC(O)CC1. The van der Waals surface area contributed by atoms with E-state index in [9.17, 15) is 13.9 Å². The summed E-state index contributed by atoms with van der Waals surface area (Å²) >= 11 is 0. The quantitative estimate of drug-likeness (QED) is 0.908. The molecule has 1 aliphatic carbocycles. The van der Waals surface area contributed by atoms with Crippen LogP contribution in [0.2, 0.25) is 0 Å². The Hall–Kier alpha value is -1.00. The van der Waals surface area contributed by atoms with Crippen LogP contribution in [0.25, 0.3) is 0 Å². The van der Waals surface area contributed by atoms with Crippen LogP contribution >= 0.6 is 0 Å². The summed E-state index contributed by atoms with van der Waals surface area (Å²) in [5.74, 6) is -0.206. The van der Waals surface area contributed by atoms with Gasteiger partial charge in [-0.2, -0.15) is 0 Å². The van der Waals surface area contributed by atoms with Gasteiger partial charge in [-0.15, -0.1) is 0 Å². The lowest BCUT2D eigenvalue weighted by Gasteiger charge is -2.29. The smallest absolute Gasteiger partial charge is 0.127 e. The van der Waals surface area contributed by atoms with E-state index in [4.69, 9.17) is 0 Å². The zero-order chi connectivity index (χ0) is 13.8.